The highest BCUT2D eigenvalue weighted by molar-refractivity contribution is 5.46. The van der Waals surface area contributed by atoms with Crippen LogP contribution in [0.3, 0.4) is 0 Å². The third-order valence-electron chi connectivity index (χ3n) is 4.05. The molecule has 2 heterocycles. The van der Waals surface area contributed by atoms with Gasteiger partial charge in [0.2, 0.25) is 0 Å². The van der Waals surface area contributed by atoms with Crippen LogP contribution in [0.15, 0.2) is 36.8 Å². The smallest absolute Gasteiger partial charge is 0.257 e. The molecule has 0 aliphatic heterocycles. The Kier molecular flexibility index (Phi) is 4.48. The molecule has 0 aromatic carbocycles. The van der Waals surface area contributed by atoms with Gasteiger partial charge in [-0.3, -0.25) is 4.98 Å². The van der Waals surface area contributed by atoms with E-state index in [0.29, 0.717) is 17.6 Å². The van der Waals surface area contributed by atoms with Crippen molar-refractivity contribution in [1.82, 2.24) is 15.0 Å². The summed E-state index contributed by atoms with van der Waals surface area (Å²) in [6.07, 6.45) is 7.22. The summed E-state index contributed by atoms with van der Waals surface area (Å²) in [6, 6.07) is 6.05. The van der Waals surface area contributed by atoms with Crippen molar-refractivity contribution in [3.8, 4) is 5.88 Å². The lowest BCUT2D eigenvalue weighted by molar-refractivity contribution is 0.0340. The standard InChI is InChI=1S/C16H20N4O2/c1-22-16-15(18-6-7-19-16)20-14(11-8-13(21)9-11)10-12-4-2-3-5-17-12/h2-7,11,13-14,21H,8-10H2,1H3,(H,18,20)/t11?,13?,14-/m0/s1. The van der Waals surface area contributed by atoms with E-state index >= 15 is 0 Å². The highest BCUT2D eigenvalue weighted by atomic mass is 16.5. The Bertz CT molecular complexity index is 602. The lowest BCUT2D eigenvalue weighted by atomic mass is 9.76. The zero-order valence-electron chi connectivity index (χ0n) is 12.5. The average Bonchev–Trinajstić information content (AvgIpc) is 2.53. The van der Waals surface area contributed by atoms with Crippen molar-refractivity contribution in [2.75, 3.05) is 12.4 Å². The first-order valence-corrected chi connectivity index (χ1v) is 7.45. The molecule has 22 heavy (non-hydrogen) atoms. The SMILES string of the molecule is COc1nccnc1N[C@@H](Cc1ccccn1)C1CC(O)C1. The molecule has 0 bridgehead atoms. The molecule has 2 N–H and O–H groups in total. The van der Waals surface area contributed by atoms with Gasteiger partial charge < -0.3 is 15.2 Å². The number of aliphatic hydroxyl groups excluding tert-OH is 1. The number of hydrogen-bond donors (Lipinski definition) is 2. The Hall–Kier alpha value is -2.21. The van der Waals surface area contributed by atoms with Crippen molar-refractivity contribution in [3.05, 3.63) is 42.5 Å². The first-order valence-electron chi connectivity index (χ1n) is 7.45. The molecule has 1 fully saturated rings. The summed E-state index contributed by atoms with van der Waals surface area (Å²) in [5, 5.41) is 13.0. The predicted molar refractivity (Wildman–Crippen MR) is 82.7 cm³/mol. The van der Waals surface area contributed by atoms with Crippen LogP contribution in [0.5, 0.6) is 5.88 Å². The molecule has 0 radical (unpaired) electrons. The van der Waals surface area contributed by atoms with Crippen LogP contribution in [-0.2, 0) is 6.42 Å². The van der Waals surface area contributed by atoms with Crippen molar-refractivity contribution in [2.45, 2.75) is 31.4 Å². The Balaban J connectivity index is 1.76. The van der Waals surface area contributed by atoms with Crippen LogP contribution in [0.25, 0.3) is 0 Å². The van der Waals surface area contributed by atoms with Gasteiger partial charge in [-0.1, -0.05) is 6.07 Å². The maximum absolute atomic E-state index is 9.60. The second kappa shape index (κ2) is 6.70. The summed E-state index contributed by atoms with van der Waals surface area (Å²) in [5.74, 6) is 1.50. The van der Waals surface area contributed by atoms with E-state index in [0.717, 1.165) is 25.0 Å². The highest BCUT2D eigenvalue weighted by Gasteiger charge is 2.34. The molecule has 0 amide bonds. The lowest BCUT2D eigenvalue weighted by Crippen LogP contribution is -2.42. The molecule has 0 saturated heterocycles. The van der Waals surface area contributed by atoms with Crippen molar-refractivity contribution >= 4 is 5.82 Å². The molecule has 6 nitrogen and oxygen atoms in total. The van der Waals surface area contributed by atoms with Crippen LogP contribution in [0, 0.1) is 5.92 Å². The Morgan fingerprint density at radius 3 is 2.73 bits per heavy atom. The molecule has 2 aromatic heterocycles. The third kappa shape index (κ3) is 3.33. The van der Waals surface area contributed by atoms with Crippen LogP contribution < -0.4 is 10.1 Å². The van der Waals surface area contributed by atoms with E-state index in [4.69, 9.17) is 4.74 Å². The van der Waals surface area contributed by atoms with Gasteiger partial charge in [0, 0.05) is 36.7 Å². The molecule has 116 valence electrons. The number of nitrogens with zero attached hydrogens (tertiary/aromatic N) is 3. The van der Waals surface area contributed by atoms with Crippen molar-refractivity contribution < 1.29 is 9.84 Å². The number of methoxy groups -OCH3 is 1. The van der Waals surface area contributed by atoms with Crippen molar-refractivity contribution in [1.29, 1.82) is 0 Å². The molecule has 1 saturated carbocycles. The number of aliphatic hydroxyl groups is 1. The Morgan fingerprint density at radius 1 is 1.23 bits per heavy atom. The lowest BCUT2D eigenvalue weighted by Gasteiger charge is -2.38. The summed E-state index contributed by atoms with van der Waals surface area (Å²) < 4.78 is 5.25. The van der Waals surface area contributed by atoms with Gasteiger partial charge >= 0.3 is 0 Å². The van der Waals surface area contributed by atoms with E-state index in [-0.39, 0.29) is 12.1 Å². The van der Waals surface area contributed by atoms with E-state index in [1.54, 1.807) is 25.7 Å². The molecule has 6 heteroatoms. The number of hydrogen-bond acceptors (Lipinski definition) is 6. The molecule has 2 aromatic rings. The van der Waals surface area contributed by atoms with E-state index in [1.807, 2.05) is 18.2 Å². The predicted octanol–water partition coefficient (Wildman–Crippen LogP) is 1.67. The van der Waals surface area contributed by atoms with Crippen LogP contribution in [0.4, 0.5) is 5.82 Å². The van der Waals surface area contributed by atoms with Gasteiger partial charge in [0.25, 0.3) is 5.88 Å². The zero-order valence-corrected chi connectivity index (χ0v) is 12.5. The molecule has 1 atom stereocenters. The second-order valence-electron chi connectivity index (χ2n) is 5.58. The van der Waals surface area contributed by atoms with Crippen LogP contribution in [0.2, 0.25) is 0 Å². The molecular weight excluding hydrogens is 280 g/mol. The average molecular weight is 300 g/mol. The number of ether oxygens (including phenoxy) is 1. The highest BCUT2D eigenvalue weighted by Crippen LogP contribution is 2.34. The third-order valence-corrected chi connectivity index (χ3v) is 4.05. The van der Waals surface area contributed by atoms with Gasteiger partial charge in [0.1, 0.15) is 0 Å². The van der Waals surface area contributed by atoms with Crippen LogP contribution in [-0.4, -0.2) is 39.3 Å². The zero-order chi connectivity index (χ0) is 15.4. The first-order chi connectivity index (χ1) is 10.8. The van der Waals surface area contributed by atoms with E-state index < -0.39 is 0 Å². The van der Waals surface area contributed by atoms with Gasteiger partial charge in [-0.2, -0.15) is 0 Å². The summed E-state index contributed by atoms with van der Waals surface area (Å²) in [5.41, 5.74) is 1.02. The second-order valence-corrected chi connectivity index (χ2v) is 5.58. The number of aromatic nitrogens is 3. The minimum Gasteiger partial charge on any atom is -0.478 e. The number of nitrogens with one attached hydrogen (secondary N) is 1. The Labute approximate surface area is 129 Å². The molecule has 1 aliphatic carbocycles. The first kappa shape index (κ1) is 14.7. The van der Waals surface area contributed by atoms with Gasteiger partial charge in [0.15, 0.2) is 5.82 Å². The number of anilines is 1. The molecule has 1 aliphatic rings. The maximum atomic E-state index is 9.60. The summed E-state index contributed by atoms with van der Waals surface area (Å²) in [6.45, 7) is 0. The normalized spacial score (nSPS) is 21.7. The van der Waals surface area contributed by atoms with E-state index in [1.165, 1.54) is 0 Å². The van der Waals surface area contributed by atoms with Gasteiger partial charge in [0.05, 0.1) is 13.2 Å². The summed E-state index contributed by atoms with van der Waals surface area (Å²) in [7, 11) is 1.58. The topological polar surface area (TPSA) is 80.2 Å². The van der Waals surface area contributed by atoms with Crippen LogP contribution >= 0.6 is 0 Å². The van der Waals surface area contributed by atoms with Gasteiger partial charge in [-0.25, -0.2) is 9.97 Å². The fourth-order valence-corrected chi connectivity index (χ4v) is 2.79. The number of rotatable bonds is 6. The molecule has 0 unspecified atom stereocenters. The van der Waals surface area contributed by atoms with Gasteiger partial charge in [-0.05, 0) is 30.9 Å². The number of pyridine rings is 1. The molecule has 0 spiro atoms. The maximum Gasteiger partial charge on any atom is 0.257 e. The fourth-order valence-electron chi connectivity index (χ4n) is 2.79. The molecule has 3 rings (SSSR count). The quantitative estimate of drug-likeness (QED) is 0.845. The summed E-state index contributed by atoms with van der Waals surface area (Å²) in [4.78, 5) is 12.9. The van der Waals surface area contributed by atoms with E-state index in [2.05, 4.69) is 20.3 Å². The summed E-state index contributed by atoms with van der Waals surface area (Å²) >= 11 is 0. The Morgan fingerprint density at radius 2 is 2.05 bits per heavy atom. The van der Waals surface area contributed by atoms with Crippen molar-refractivity contribution in [3.63, 3.8) is 0 Å². The van der Waals surface area contributed by atoms with Gasteiger partial charge in [-0.15, -0.1) is 0 Å². The largest absolute Gasteiger partial charge is 0.478 e. The minimum absolute atomic E-state index is 0.143. The molecular formula is C16H20N4O2. The minimum atomic E-state index is -0.193. The van der Waals surface area contributed by atoms with Crippen molar-refractivity contribution in [2.24, 2.45) is 5.92 Å². The fraction of sp³-hybridized carbons (Fsp3) is 0.438. The van der Waals surface area contributed by atoms with Crippen LogP contribution in [0.1, 0.15) is 18.5 Å². The monoisotopic (exact) mass is 300 g/mol. The van der Waals surface area contributed by atoms with E-state index in [9.17, 15) is 5.11 Å².